The van der Waals surface area contributed by atoms with Crippen LogP contribution < -0.4 is 0 Å². The van der Waals surface area contributed by atoms with Crippen molar-refractivity contribution < 1.29 is 14.7 Å². The fraction of sp³-hybridized carbons (Fsp3) is 0.571. The molecule has 1 N–H and O–H groups in total. The molecule has 1 fully saturated rings. The summed E-state index contributed by atoms with van der Waals surface area (Å²) in [5.74, 6) is -0.607. The van der Waals surface area contributed by atoms with Gasteiger partial charge in [-0.25, -0.2) is 4.99 Å². The average Bonchev–Trinajstić information content (AvgIpc) is 2.92. The summed E-state index contributed by atoms with van der Waals surface area (Å²) >= 11 is 6.71. The van der Waals surface area contributed by atoms with Gasteiger partial charge in [0.15, 0.2) is 0 Å². The largest absolute Gasteiger partial charge is 0.481 e. The molecule has 5 nitrogen and oxygen atoms in total. The van der Waals surface area contributed by atoms with Gasteiger partial charge in [0, 0.05) is 6.54 Å². The van der Waals surface area contributed by atoms with E-state index in [1.54, 1.807) is 4.90 Å². The van der Waals surface area contributed by atoms with Crippen molar-refractivity contribution in [2.75, 3.05) is 6.54 Å². The van der Waals surface area contributed by atoms with E-state index < -0.39 is 5.97 Å². The lowest BCUT2D eigenvalue weighted by atomic mass is 9.82. The van der Waals surface area contributed by atoms with Crippen molar-refractivity contribution in [1.29, 1.82) is 0 Å². The SMILES string of the molecule is O=C(O)C1CCC(CN2C(=O)C3SC=CC3=NC2=S)CC1. The molecule has 3 rings (SSSR count). The zero-order valence-electron chi connectivity index (χ0n) is 11.4. The summed E-state index contributed by atoms with van der Waals surface area (Å²) in [4.78, 5) is 29.4. The van der Waals surface area contributed by atoms with Gasteiger partial charge in [-0.2, -0.15) is 0 Å². The number of hydrogen-bond donors (Lipinski definition) is 1. The van der Waals surface area contributed by atoms with Crippen molar-refractivity contribution in [3.63, 3.8) is 0 Å². The van der Waals surface area contributed by atoms with Gasteiger partial charge >= 0.3 is 5.97 Å². The van der Waals surface area contributed by atoms with Gasteiger partial charge in [-0.3, -0.25) is 14.5 Å². The molecule has 2 heterocycles. The van der Waals surface area contributed by atoms with E-state index in [1.165, 1.54) is 11.8 Å². The fourth-order valence-electron chi connectivity index (χ4n) is 3.05. The Kier molecular flexibility index (Phi) is 4.12. The Morgan fingerprint density at radius 2 is 2.14 bits per heavy atom. The summed E-state index contributed by atoms with van der Waals surface area (Å²) in [6.07, 6.45) is 4.87. The van der Waals surface area contributed by atoms with Crippen LogP contribution in [-0.4, -0.2) is 44.5 Å². The Morgan fingerprint density at radius 1 is 1.43 bits per heavy atom. The highest BCUT2D eigenvalue weighted by atomic mass is 32.2. The molecule has 0 spiro atoms. The molecule has 1 aliphatic carbocycles. The fourth-order valence-corrected chi connectivity index (χ4v) is 4.21. The number of rotatable bonds is 3. The highest BCUT2D eigenvalue weighted by Crippen LogP contribution is 2.32. The van der Waals surface area contributed by atoms with Crippen molar-refractivity contribution in [2.45, 2.75) is 30.9 Å². The van der Waals surface area contributed by atoms with Crippen molar-refractivity contribution in [2.24, 2.45) is 16.8 Å². The second kappa shape index (κ2) is 5.88. The Labute approximate surface area is 132 Å². The number of thioether (sulfide) groups is 1. The van der Waals surface area contributed by atoms with Gasteiger partial charge in [-0.05, 0) is 55.3 Å². The molecular weight excluding hydrogens is 308 g/mol. The predicted octanol–water partition coefficient (Wildman–Crippen LogP) is 2.07. The van der Waals surface area contributed by atoms with E-state index in [2.05, 4.69) is 4.99 Å². The molecule has 0 aromatic heterocycles. The number of hydrogen-bond acceptors (Lipinski definition) is 4. The van der Waals surface area contributed by atoms with Crippen LogP contribution in [0.5, 0.6) is 0 Å². The Balaban J connectivity index is 1.62. The second-order valence-electron chi connectivity index (χ2n) is 5.64. The molecular formula is C14H16N2O3S2. The number of carboxylic acids is 1. The molecule has 0 bridgehead atoms. The van der Waals surface area contributed by atoms with Gasteiger partial charge in [0.2, 0.25) is 11.0 Å². The van der Waals surface area contributed by atoms with E-state index in [1.807, 2.05) is 11.5 Å². The summed E-state index contributed by atoms with van der Waals surface area (Å²) in [5.41, 5.74) is 0.751. The number of aliphatic imine (C=N–C) groups is 1. The van der Waals surface area contributed by atoms with E-state index in [9.17, 15) is 9.59 Å². The summed E-state index contributed by atoms with van der Waals surface area (Å²) in [6.45, 7) is 0.567. The first-order valence-electron chi connectivity index (χ1n) is 7.05. The van der Waals surface area contributed by atoms with Crippen LogP contribution in [0.4, 0.5) is 0 Å². The zero-order valence-corrected chi connectivity index (χ0v) is 13.0. The van der Waals surface area contributed by atoms with Gasteiger partial charge in [0.05, 0.1) is 11.6 Å². The van der Waals surface area contributed by atoms with E-state index >= 15 is 0 Å². The summed E-state index contributed by atoms with van der Waals surface area (Å²) in [7, 11) is 0. The van der Waals surface area contributed by atoms with Crippen molar-refractivity contribution in [3.8, 4) is 0 Å². The lowest BCUT2D eigenvalue weighted by Crippen LogP contribution is -2.49. The van der Waals surface area contributed by atoms with Crippen LogP contribution >= 0.6 is 24.0 Å². The first-order chi connectivity index (χ1) is 10.1. The quantitative estimate of drug-likeness (QED) is 0.805. The number of amides is 1. The first-order valence-corrected chi connectivity index (χ1v) is 8.40. The maximum atomic E-state index is 12.5. The van der Waals surface area contributed by atoms with Crippen molar-refractivity contribution >= 4 is 46.7 Å². The summed E-state index contributed by atoms with van der Waals surface area (Å²) < 4.78 is 0. The molecule has 0 aromatic rings. The third-order valence-corrected chi connectivity index (χ3v) is 5.63. The normalized spacial score (nSPS) is 32.1. The lowest BCUT2D eigenvalue weighted by molar-refractivity contribution is -0.143. The van der Waals surface area contributed by atoms with Crippen LogP contribution in [0.2, 0.25) is 0 Å². The molecule has 1 unspecified atom stereocenters. The minimum absolute atomic E-state index is 0.0142. The number of carbonyl (C=O) groups is 2. The van der Waals surface area contributed by atoms with Gasteiger partial charge in [-0.15, -0.1) is 11.8 Å². The van der Waals surface area contributed by atoms with Crippen LogP contribution in [0.15, 0.2) is 16.5 Å². The van der Waals surface area contributed by atoms with E-state index in [0.717, 1.165) is 18.6 Å². The maximum Gasteiger partial charge on any atom is 0.306 e. The molecule has 21 heavy (non-hydrogen) atoms. The molecule has 112 valence electrons. The molecule has 1 atom stereocenters. The van der Waals surface area contributed by atoms with E-state index in [4.69, 9.17) is 17.3 Å². The van der Waals surface area contributed by atoms with Crippen molar-refractivity contribution in [1.82, 2.24) is 4.90 Å². The minimum Gasteiger partial charge on any atom is -0.481 e. The molecule has 0 aromatic carbocycles. The van der Waals surface area contributed by atoms with E-state index in [0.29, 0.717) is 30.4 Å². The number of allylic oxidation sites excluding steroid dienone is 1. The number of carbonyl (C=O) groups excluding carboxylic acids is 1. The van der Waals surface area contributed by atoms with Crippen LogP contribution in [0, 0.1) is 11.8 Å². The zero-order chi connectivity index (χ0) is 15.0. The van der Waals surface area contributed by atoms with Gasteiger partial charge in [-0.1, -0.05) is 0 Å². The smallest absolute Gasteiger partial charge is 0.306 e. The van der Waals surface area contributed by atoms with Gasteiger partial charge in [0.1, 0.15) is 5.25 Å². The molecule has 0 saturated heterocycles. The molecule has 3 aliphatic rings. The number of aliphatic carboxylic acids is 1. The third kappa shape index (κ3) is 2.89. The van der Waals surface area contributed by atoms with Gasteiger partial charge < -0.3 is 5.11 Å². The average molecular weight is 324 g/mol. The minimum atomic E-state index is -0.708. The first kappa shape index (κ1) is 14.7. The highest BCUT2D eigenvalue weighted by molar-refractivity contribution is 8.04. The topological polar surface area (TPSA) is 70.0 Å². The second-order valence-corrected chi connectivity index (χ2v) is 7.02. The molecule has 1 amide bonds. The molecule has 0 radical (unpaired) electrons. The predicted molar refractivity (Wildman–Crippen MR) is 85.3 cm³/mol. The number of carboxylic acid groups (broad SMARTS) is 1. The molecule has 2 aliphatic heterocycles. The van der Waals surface area contributed by atoms with Crippen LogP contribution in [0.25, 0.3) is 0 Å². The highest BCUT2D eigenvalue weighted by Gasteiger charge is 2.38. The number of nitrogens with zero attached hydrogens (tertiary/aromatic N) is 2. The molecule has 7 heteroatoms. The van der Waals surface area contributed by atoms with Crippen molar-refractivity contribution in [3.05, 3.63) is 11.5 Å². The van der Waals surface area contributed by atoms with Crippen LogP contribution in [-0.2, 0) is 9.59 Å². The van der Waals surface area contributed by atoms with E-state index in [-0.39, 0.29) is 17.1 Å². The molecule has 1 saturated carbocycles. The van der Waals surface area contributed by atoms with Gasteiger partial charge in [0.25, 0.3) is 0 Å². The third-order valence-electron chi connectivity index (χ3n) is 4.30. The summed E-state index contributed by atoms with van der Waals surface area (Å²) in [5, 5.41) is 11.0. The number of thiocarbonyl (C=S) groups is 1. The summed E-state index contributed by atoms with van der Waals surface area (Å²) in [6, 6.07) is 0. The lowest BCUT2D eigenvalue weighted by Gasteiger charge is -2.33. The Bertz CT molecular complexity index is 550. The number of fused-ring (bicyclic) bond motifs is 1. The Morgan fingerprint density at radius 3 is 2.81 bits per heavy atom. The Hall–Kier alpha value is -1.21. The standard InChI is InChI=1S/C14H16N2O3S2/c17-12-11-10(5-6-21-11)15-14(20)16(12)7-8-1-3-9(4-2-8)13(18)19/h5-6,8-9,11H,1-4,7H2,(H,18,19). The monoisotopic (exact) mass is 324 g/mol. The van der Waals surface area contributed by atoms with Crippen LogP contribution in [0.3, 0.4) is 0 Å². The maximum absolute atomic E-state index is 12.5. The van der Waals surface area contributed by atoms with Crippen LogP contribution in [0.1, 0.15) is 25.7 Å².